The molecule has 1 aliphatic heterocycles. The number of ether oxygens (including phenoxy) is 1. The molecule has 0 atom stereocenters. The lowest BCUT2D eigenvalue weighted by molar-refractivity contribution is -0.115. The predicted molar refractivity (Wildman–Crippen MR) is 84.5 cm³/mol. The molecule has 0 aliphatic carbocycles. The van der Waals surface area contributed by atoms with Crippen LogP contribution in [-0.4, -0.2) is 18.0 Å². The number of methoxy groups -OCH3 is 1. The van der Waals surface area contributed by atoms with Gasteiger partial charge in [-0.1, -0.05) is 32.6 Å². The summed E-state index contributed by atoms with van der Waals surface area (Å²) in [6.07, 6.45) is 10.9. The second kappa shape index (κ2) is 7.72. The van der Waals surface area contributed by atoms with Gasteiger partial charge in [0.1, 0.15) is 5.76 Å². The third-order valence-electron chi connectivity index (χ3n) is 3.62. The summed E-state index contributed by atoms with van der Waals surface area (Å²) in [4.78, 5) is 14.7. The van der Waals surface area contributed by atoms with Crippen LogP contribution in [0.15, 0.2) is 29.7 Å². The van der Waals surface area contributed by atoms with E-state index in [-0.39, 0.29) is 5.91 Å². The number of rotatable bonds is 8. The summed E-state index contributed by atoms with van der Waals surface area (Å²) in [5.41, 5.74) is 2.93. The molecule has 0 saturated carbocycles. The highest BCUT2D eigenvalue weighted by Gasteiger charge is 2.17. The number of carbonyl (C=O) groups excluding carboxylic acids is 1. The Morgan fingerprint density at radius 2 is 2.00 bits per heavy atom. The van der Waals surface area contributed by atoms with E-state index in [0.717, 1.165) is 12.1 Å². The summed E-state index contributed by atoms with van der Waals surface area (Å²) in [7, 11) is 1.57. The summed E-state index contributed by atoms with van der Waals surface area (Å²) < 4.78 is 5.17. The Bertz CT molecular complexity index is 541. The monoisotopic (exact) mass is 288 g/mol. The number of aromatic amines is 1. The molecule has 1 aromatic rings. The molecular weight excluding hydrogens is 264 g/mol. The van der Waals surface area contributed by atoms with Crippen LogP contribution in [0.2, 0.25) is 0 Å². The molecule has 0 bridgehead atoms. The Morgan fingerprint density at radius 1 is 1.19 bits per heavy atom. The van der Waals surface area contributed by atoms with Crippen molar-refractivity contribution in [2.45, 2.75) is 45.4 Å². The van der Waals surface area contributed by atoms with Crippen LogP contribution >= 0.6 is 0 Å². The molecule has 0 saturated heterocycles. The molecule has 2 rings (SSSR count). The van der Waals surface area contributed by atoms with Gasteiger partial charge in [0, 0.05) is 17.5 Å². The third-order valence-corrected chi connectivity index (χ3v) is 3.62. The molecule has 21 heavy (non-hydrogen) atoms. The summed E-state index contributed by atoms with van der Waals surface area (Å²) in [6.45, 7) is 2.23. The lowest BCUT2D eigenvalue weighted by atomic mass is 10.1. The smallest absolute Gasteiger partial charge is 0.252 e. The highest BCUT2D eigenvalue weighted by molar-refractivity contribution is 5.95. The number of hydrogen-bond acceptors (Lipinski definition) is 2. The van der Waals surface area contributed by atoms with Crippen molar-refractivity contribution in [2.24, 2.45) is 0 Å². The van der Waals surface area contributed by atoms with Crippen molar-refractivity contribution in [3.8, 4) is 0 Å². The maximum absolute atomic E-state index is 11.3. The first kappa shape index (κ1) is 15.4. The number of H-pyrrole nitrogens is 1. The SMILES string of the molecule is CCCCCCCc1ccc(/C=C2\NC(=O)C=C2OC)[nH]1. The molecule has 0 aromatic carbocycles. The summed E-state index contributed by atoms with van der Waals surface area (Å²) in [5, 5.41) is 2.76. The molecule has 2 heterocycles. The van der Waals surface area contributed by atoms with Crippen molar-refractivity contribution in [3.05, 3.63) is 41.1 Å². The lowest BCUT2D eigenvalue weighted by Crippen LogP contribution is -2.13. The molecule has 114 valence electrons. The largest absolute Gasteiger partial charge is 0.494 e. The van der Waals surface area contributed by atoms with Crippen LogP contribution in [0, 0.1) is 0 Å². The zero-order valence-electron chi connectivity index (χ0n) is 12.9. The van der Waals surface area contributed by atoms with Gasteiger partial charge in [0.2, 0.25) is 0 Å². The van der Waals surface area contributed by atoms with Crippen LogP contribution in [0.1, 0.15) is 50.4 Å². The molecular formula is C17H24N2O2. The van der Waals surface area contributed by atoms with Gasteiger partial charge in [0.25, 0.3) is 5.91 Å². The number of hydrogen-bond donors (Lipinski definition) is 2. The van der Waals surface area contributed by atoms with Crippen molar-refractivity contribution in [1.29, 1.82) is 0 Å². The third kappa shape index (κ3) is 4.52. The first-order chi connectivity index (χ1) is 10.2. The molecule has 0 spiro atoms. The minimum Gasteiger partial charge on any atom is -0.494 e. The second-order valence-electron chi connectivity index (χ2n) is 5.36. The molecule has 4 nitrogen and oxygen atoms in total. The number of aromatic nitrogens is 1. The van der Waals surface area contributed by atoms with Crippen molar-refractivity contribution < 1.29 is 9.53 Å². The topological polar surface area (TPSA) is 54.1 Å². The number of amides is 1. The minimum atomic E-state index is -0.138. The molecule has 0 fully saturated rings. The molecule has 1 aromatic heterocycles. The van der Waals surface area contributed by atoms with Crippen LogP contribution in [0.3, 0.4) is 0 Å². The number of unbranched alkanes of at least 4 members (excludes halogenated alkanes) is 4. The van der Waals surface area contributed by atoms with E-state index in [9.17, 15) is 4.79 Å². The van der Waals surface area contributed by atoms with Crippen molar-refractivity contribution >= 4 is 12.0 Å². The van der Waals surface area contributed by atoms with Crippen molar-refractivity contribution in [2.75, 3.05) is 7.11 Å². The number of carbonyl (C=O) groups is 1. The van der Waals surface area contributed by atoms with Crippen molar-refractivity contribution in [1.82, 2.24) is 10.3 Å². The van der Waals surface area contributed by atoms with Crippen LogP contribution in [-0.2, 0) is 16.0 Å². The molecule has 0 unspecified atom stereocenters. The van der Waals surface area contributed by atoms with E-state index < -0.39 is 0 Å². The van der Waals surface area contributed by atoms with E-state index in [1.807, 2.05) is 12.1 Å². The second-order valence-corrected chi connectivity index (χ2v) is 5.36. The maximum atomic E-state index is 11.3. The van der Waals surface area contributed by atoms with Crippen LogP contribution in [0.5, 0.6) is 0 Å². The molecule has 0 radical (unpaired) electrons. The highest BCUT2D eigenvalue weighted by atomic mass is 16.5. The van der Waals surface area contributed by atoms with Gasteiger partial charge < -0.3 is 15.0 Å². The fraction of sp³-hybridized carbons (Fsp3) is 0.471. The van der Waals surface area contributed by atoms with E-state index in [1.165, 1.54) is 43.9 Å². The predicted octanol–water partition coefficient (Wildman–Crippen LogP) is 3.53. The normalized spacial score (nSPS) is 16.2. The Hall–Kier alpha value is -1.97. The fourth-order valence-corrected chi connectivity index (χ4v) is 2.47. The Kier molecular flexibility index (Phi) is 5.67. The Labute approximate surface area is 126 Å². The van der Waals surface area contributed by atoms with Crippen molar-refractivity contribution in [3.63, 3.8) is 0 Å². The quantitative estimate of drug-likeness (QED) is 0.719. The maximum Gasteiger partial charge on any atom is 0.252 e. The number of aryl methyl sites for hydroxylation is 1. The van der Waals surface area contributed by atoms with Gasteiger partial charge in [0.15, 0.2) is 0 Å². The lowest BCUT2D eigenvalue weighted by Gasteiger charge is -2.03. The van der Waals surface area contributed by atoms with E-state index in [2.05, 4.69) is 23.3 Å². The van der Waals surface area contributed by atoms with E-state index in [1.54, 1.807) is 7.11 Å². The van der Waals surface area contributed by atoms with E-state index in [0.29, 0.717) is 11.5 Å². The number of nitrogens with one attached hydrogen (secondary N) is 2. The summed E-state index contributed by atoms with van der Waals surface area (Å²) >= 11 is 0. The molecule has 1 aliphatic rings. The highest BCUT2D eigenvalue weighted by Crippen LogP contribution is 2.18. The summed E-state index contributed by atoms with van der Waals surface area (Å²) in [6, 6.07) is 4.14. The van der Waals surface area contributed by atoms with Crippen LogP contribution < -0.4 is 5.32 Å². The zero-order chi connectivity index (χ0) is 15.1. The van der Waals surface area contributed by atoms with Gasteiger partial charge in [-0.2, -0.15) is 0 Å². The van der Waals surface area contributed by atoms with Gasteiger partial charge in [-0.25, -0.2) is 0 Å². The molecule has 1 amide bonds. The fourth-order valence-electron chi connectivity index (χ4n) is 2.47. The van der Waals surface area contributed by atoms with Gasteiger partial charge in [-0.05, 0) is 31.1 Å². The van der Waals surface area contributed by atoms with E-state index >= 15 is 0 Å². The molecule has 4 heteroatoms. The average Bonchev–Trinajstić information content (AvgIpc) is 3.05. The first-order valence-electron chi connectivity index (χ1n) is 7.69. The van der Waals surface area contributed by atoms with Gasteiger partial charge >= 0.3 is 0 Å². The van der Waals surface area contributed by atoms with Crippen LogP contribution in [0.25, 0.3) is 6.08 Å². The average molecular weight is 288 g/mol. The van der Waals surface area contributed by atoms with Crippen LogP contribution in [0.4, 0.5) is 0 Å². The summed E-state index contributed by atoms with van der Waals surface area (Å²) in [5.74, 6) is 0.441. The molecule has 2 N–H and O–H groups in total. The Morgan fingerprint density at radius 3 is 2.76 bits per heavy atom. The van der Waals surface area contributed by atoms with E-state index in [4.69, 9.17) is 4.74 Å². The first-order valence-corrected chi connectivity index (χ1v) is 7.69. The zero-order valence-corrected chi connectivity index (χ0v) is 12.9. The van der Waals surface area contributed by atoms with Gasteiger partial charge in [-0.15, -0.1) is 0 Å². The van der Waals surface area contributed by atoms with Gasteiger partial charge in [0.05, 0.1) is 12.8 Å². The standard InChI is InChI=1S/C17H24N2O2/c1-3-4-5-6-7-8-13-9-10-14(18-13)11-15-16(21-2)12-17(20)19-15/h9-12,18H,3-8H2,1-2H3,(H,19,20)/b15-11-. The minimum absolute atomic E-state index is 0.138. The van der Waals surface area contributed by atoms with Gasteiger partial charge in [-0.3, -0.25) is 4.79 Å². The Balaban J connectivity index is 1.88.